The molecule has 0 saturated carbocycles. The van der Waals surface area contributed by atoms with Crippen LogP contribution in [0.5, 0.6) is 11.5 Å². The molecule has 2 aromatic carbocycles. The van der Waals surface area contributed by atoms with Gasteiger partial charge in [0.25, 0.3) is 0 Å². The van der Waals surface area contributed by atoms with Gasteiger partial charge >= 0.3 is 6.16 Å². The summed E-state index contributed by atoms with van der Waals surface area (Å²) in [5.41, 5.74) is 4.21. The van der Waals surface area contributed by atoms with E-state index in [4.69, 9.17) is 21.1 Å². The lowest BCUT2D eigenvalue weighted by Crippen LogP contribution is -2.19. The average molecular weight is 423 g/mol. The van der Waals surface area contributed by atoms with Crippen molar-refractivity contribution in [1.29, 1.82) is 0 Å². The molecular weight excluding hydrogens is 404 g/mol. The van der Waals surface area contributed by atoms with Gasteiger partial charge in [-0.05, 0) is 41.5 Å². The van der Waals surface area contributed by atoms with E-state index in [1.165, 1.54) is 32.2 Å². The van der Waals surface area contributed by atoms with Gasteiger partial charge in [0.05, 0.1) is 26.2 Å². The number of nitrogens with zero attached hydrogens (tertiary/aromatic N) is 1. The maximum Gasteiger partial charge on any atom is 0.513 e. The molecule has 0 aliphatic rings. The largest absolute Gasteiger partial charge is 0.513 e. The van der Waals surface area contributed by atoms with Gasteiger partial charge in [0.15, 0.2) is 11.5 Å². The molecule has 0 aliphatic carbocycles. The van der Waals surface area contributed by atoms with E-state index < -0.39 is 6.16 Å². The van der Waals surface area contributed by atoms with E-state index in [1.807, 2.05) is 24.3 Å². The number of carbonyl (C=O) groups is 2. The zero-order valence-corrected chi connectivity index (χ0v) is 16.9. The van der Waals surface area contributed by atoms with Gasteiger partial charge in [-0.3, -0.25) is 4.79 Å². The van der Waals surface area contributed by atoms with Gasteiger partial charge in [0.2, 0.25) is 5.91 Å². The fourth-order valence-corrected chi connectivity index (χ4v) is 2.94. The van der Waals surface area contributed by atoms with Crippen molar-refractivity contribution in [3.63, 3.8) is 0 Å². The van der Waals surface area contributed by atoms with Gasteiger partial charge in [0.1, 0.15) is 0 Å². The number of ether oxygens (including phenoxy) is 3. The van der Waals surface area contributed by atoms with E-state index in [-0.39, 0.29) is 17.4 Å². The van der Waals surface area contributed by atoms with Gasteiger partial charge < -0.3 is 14.2 Å². The number of rotatable bonds is 8. The minimum Gasteiger partial charge on any atom is -0.493 e. The van der Waals surface area contributed by atoms with Crippen molar-refractivity contribution in [1.82, 2.24) is 5.43 Å². The van der Waals surface area contributed by atoms with Crippen LogP contribution in [0.25, 0.3) is 0 Å². The van der Waals surface area contributed by atoms with Crippen LogP contribution in [-0.2, 0) is 15.3 Å². The van der Waals surface area contributed by atoms with Crippen molar-refractivity contribution >= 4 is 41.6 Å². The van der Waals surface area contributed by atoms with Crippen LogP contribution in [0.3, 0.4) is 0 Å². The van der Waals surface area contributed by atoms with Gasteiger partial charge in [-0.1, -0.05) is 23.7 Å². The second kappa shape index (κ2) is 11.2. The van der Waals surface area contributed by atoms with Crippen molar-refractivity contribution in [2.75, 3.05) is 20.0 Å². The maximum atomic E-state index is 11.8. The number of nitrogens with one attached hydrogen (secondary N) is 1. The molecule has 28 heavy (non-hydrogen) atoms. The average Bonchev–Trinajstić information content (AvgIpc) is 2.70. The van der Waals surface area contributed by atoms with Crippen LogP contribution < -0.4 is 14.9 Å². The Kier molecular flexibility index (Phi) is 8.64. The molecule has 0 heterocycles. The highest BCUT2D eigenvalue weighted by atomic mass is 35.5. The molecule has 0 aromatic heterocycles. The number of amides is 1. The maximum absolute atomic E-state index is 11.8. The molecule has 0 spiro atoms. The molecule has 1 N–H and O–H groups in total. The summed E-state index contributed by atoms with van der Waals surface area (Å²) in [4.78, 5) is 23.0. The molecule has 0 radical (unpaired) electrons. The highest BCUT2D eigenvalue weighted by Crippen LogP contribution is 2.27. The van der Waals surface area contributed by atoms with Crippen LogP contribution in [0.15, 0.2) is 47.6 Å². The van der Waals surface area contributed by atoms with E-state index in [9.17, 15) is 9.59 Å². The molecule has 0 saturated heterocycles. The molecule has 0 fully saturated rings. The number of hydrogen-bond acceptors (Lipinski definition) is 7. The summed E-state index contributed by atoms with van der Waals surface area (Å²) in [5.74, 6) is 1.31. The number of hydrazone groups is 1. The molecule has 0 unspecified atom stereocenters. The van der Waals surface area contributed by atoms with Crippen molar-refractivity contribution in [2.45, 2.75) is 5.75 Å². The summed E-state index contributed by atoms with van der Waals surface area (Å²) in [6, 6.07) is 12.3. The molecule has 0 aliphatic heterocycles. The fourth-order valence-electron chi connectivity index (χ4n) is 2.03. The minimum atomic E-state index is -0.844. The normalized spacial score (nSPS) is 10.5. The number of methoxy groups -OCH3 is 2. The lowest BCUT2D eigenvalue weighted by Gasteiger charge is -2.08. The highest BCUT2D eigenvalue weighted by molar-refractivity contribution is 7.99. The SMILES string of the molecule is COC(=O)Oc1ccc(/C=N\NC(=O)CSCc2ccc(Cl)cc2)cc1OC. The summed E-state index contributed by atoms with van der Waals surface area (Å²) in [6.45, 7) is 0. The second-order valence-electron chi connectivity index (χ2n) is 5.38. The predicted octanol–water partition coefficient (Wildman–Crippen LogP) is 3.88. The summed E-state index contributed by atoms with van der Waals surface area (Å²) in [7, 11) is 2.66. The van der Waals surface area contributed by atoms with E-state index in [2.05, 4.69) is 15.3 Å². The Morgan fingerprint density at radius 2 is 1.89 bits per heavy atom. The Morgan fingerprint density at radius 1 is 1.14 bits per heavy atom. The summed E-state index contributed by atoms with van der Waals surface area (Å²) in [6.07, 6.45) is 0.620. The molecule has 1 amide bonds. The van der Waals surface area contributed by atoms with Gasteiger partial charge in [-0.25, -0.2) is 10.2 Å². The standard InChI is InChI=1S/C19H19ClN2O5S/c1-25-17-9-14(5-8-16(17)27-19(24)26-2)10-21-22-18(23)12-28-11-13-3-6-15(20)7-4-13/h3-10H,11-12H2,1-2H3,(H,22,23)/b21-10-. The Hall–Kier alpha value is -2.71. The Balaban J connectivity index is 1.81. The third-order valence-electron chi connectivity index (χ3n) is 3.37. The lowest BCUT2D eigenvalue weighted by atomic mass is 10.2. The van der Waals surface area contributed by atoms with Crippen LogP contribution >= 0.6 is 23.4 Å². The number of thioether (sulfide) groups is 1. The Morgan fingerprint density at radius 3 is 2.57 bits per heavy atom. The molecule has 0 atom stereocenters. The first-order valence-electron chi connectivity index (χ1n) is 8.09. The van der Waals surface area contributed by atoms with Crippen LogP contribution in [0.1, 0.15) is 11.1 Å². The van der Waals surface area contributed by atoms with Crippen LogP contribution in [0.4, 0.5) is 4.79 Å². The molecule has 0 bridgehead atoms. The summed E-state index contributed by atoms with van der Waals surface area (Å²) < 4.78 is 14.6. The number of halogens is 1. The van der Waals surface area contributed by atoms with E-state index in [0.29, 0.717) is 22.1 Å². The first-order valence-corrected chi connectivity index (χ1v) is 9.63. The summed E-state index contributed by atoms with van der Waals surface area (Å²) >= 11 is 7.31. The smallest absolute Gasteiger partial charge is 0.493 e. The number of hydrogen-bond donors (Lipinski definition) is 1. The molecule has 2 aromatic rings. The predicted molar refractivity (Wildman–Crippen MR) is 109 cm³/mol. The molecule has 2 rings (SSSR count). The molecule has 148 valence electrons. The highest BCUT2D eigenvalue weighted by Gasteiger charge is 2.10. The third kappa shape index (κ3) is 7.13. The zero-order chi connectivity index (χ0) is 20.4. The number of benzene rings is 2. The van der Waals surface area contributed by atoms with Crippen LogP contribution in [-0.4, -0.2) is 38.2 Å². The topological polar surface area (TPSA) is 86.2 Å². The van der Waals surface area contributed by atoms with Crippen molar-refractivity contribution in [3.05, 3.63) is 58.6 Å². The van der Waals surface area contributed by atoms with Crippen molar-refractivity contribution in [3.8, 4) is 11.5 Å². The van der Waals surface area contributed by atoms with Crippen molar-refractivity contribution < 1.29 is 23.8 Å². The van der Waals surface area contributed by atoms with Crippen molar-refractivity contribution in [2.24, 2.45) is 5.10 Å². The third-order valence-corrected chi connectivity index (χ3v) is 4.62. The van der Waals surface area contributed by atoms with Crippen LogP contribution in [0.2, 0.25) is 5.02 Å². The van der Waals surface area contributed by atoms with Crippen LogP contribution in [0, 0.1) is 0 Å². The van der Waals surface area contributed by atoms with E-state index in [1.54, 1.807) is 18.2 Å². The van der Waals surface area contributed by atoms with Gasteiger partial charge in [-0.2, -0.15) is 5.10 Å². The Labute approximate surface area is 172 Å². The number of carbonyl (C=O) groups excluding carboxylic acids is 2. The summed E-state index contributed by atoms with van der Waals surface area (Å²) in [5, 5.41) is 4.60. The first-order chi connectivity index (χ1) is 13.5. The molecule has 9 heteroatoms. The van der Waals surface area contributed by atoms with Gasteiger partial charge in [-0.15, -0.1) is 11.8 Å². The second-order valence-corrected chi connectivity index (χ2v) is 6.80. The van der Waals surface area contributed by atoms with E-state index >= 15 is 0 Å². The van der Waals surface area contributed by atoms with Gasteiger partial charge in [0, 0.05) is 10.8 Å². The Bertz CT molecular complexity index is 843. The molecule has 7 nitrogen and oxygen atoms in total. The lowest BCUT2D eigenvalue weighted by molar-refractivity contribution is -0.118. The minimum absolute atomic E-state index is 0.215. The fraction of sp³-hybridized carbons (Fsp3) is 0.211. The van der Waals surface area contributed by atoms with E-state index in [0.717, 1.165) is 5.56 Å². The quantitative estimate of drug-likeness (QED) is 0.301. The molecular formula is C19H19ClN2O5S. The zero-order valence-electron chi connectivity index (χ0n) is 15.3. The first kappa shape index (κ1) is 21.6. The monoisotopic (exact) mass is 422 g/mol.